The number of nitrogens with one attached hydrogen (secondary N) is 1. The topological polar surface area (TPSA) is 98.1 Å². The molecule has 0 spiro atoms. The summed E-state index contributed by atoms with van der Waals surface area (Å²) >= 11 is 0. The number of nitro groups is 1. The van der Waals surface area contributed by atoms with E-state index in [4.69, 9.17) is 0 Å². The second-order valence-electron chi connectivity index (χ2n) is 3.27. The van der Waals surface area contributed by atoms with E-state index in [9.17, 15) is 14.9 Å². The summed E-state index contributed by atoms with van der Waals surface area (Å²) < 4.78 is 4.49. The smallest absolute Gasteiger partial charge is 0.432 e. The first-order chi connectivity index (χ1) is 7.63. The Kier molecular flexibility index (Phi) is 4.43. The molecule has 1 N–H and O–H groups in total. The van der Waals surface area contributed by atoms with Gasteiger partial charge in [0.25, 0.3) is 0 Å². The summed E-state index contributed by atoms with van der Waals surface area (Å²) in [5, 5.41) is 10.3. The Hall–Kier alpha value is -1.92. The molecule has 0 saturated carbocycles. The maximum absolute atomic E-state index is 10.8. The van der Waals surface area contributed by atoms with Gasteiger partial charge in [-0.3, -0.25) is 4.79 Å². The molecule has 7 heteroatoms. The van der Waals surface area contributed by atoms with Crippen molar-refractivity contribution in [2.24, 2.45) is 0 Å². The Bertz CT molecular complexity index is 375. The lowest BCUT2D eigenvalue weighted by Crippen LogP contribution is -1.99. The van der Waals surface area contributed by atoms with Crippen LogP contribution in [0.4, 0.5) is 5.95 Å². The van der Waals surface area contributed by atoms with Gasteiger partial charge in [0.15, 0.2) is 0 Å². The zero-order valence-corrected chi connectivity index (χ0v) is 8.93. The van der Waals surface area contributed by atoms with Crippen LogP contribution in [-0.2, 0) is 16.0 Å². The largest absolute Gasteiger partial charge is 0.469 e. The summed E-state index contributed by atoms with van der Waals surface area (Å²) in [6.07, 6.45) is 3.90. The van der Waals surface area contributed by atoms with Crippen LogP contribution < -0.4 is 0 Å². The number of aryl methyl sites for hydroxylation is 1. The fourth-order valence-electron chi connectivity index (χ4n) is 1.25. The average molecular weight is 227 g/mol. The van der Waals surface area contributed by atoms with E-state index >= 15 is 0 Å². The first kappa shape index (κ1) is 12.2. The van der Waals surface area contributed by atoms with Crippen LogP contribution in [0.3, 0.4) is 0 Å². The lowest BCUT2D eigenvalue weighted by Gasteiger charge is -1.97. The first-order valence-electron chi connectivity index (χ1n) is 4.88. The highest BCUT2D eigenvalue weighted by atomic mass is 16.6. The monoisotopic (exact) mass is 227 g/mol. The molecule has 0 unspecified atom stereocenters. The number of aromatic amines is 1. The lowest BCUT2D eigenvalue weighted by molar-refractivity contribution is -0.393. The second-order valence-corrected chi connectivity index (χ2v) is 3.27. The molecular weight excluding hydrogens is 214 g/mol. The summed E-state index contributed by atoms with van der Waals surface area (Å²) in [5.41, 5.74) is 0.705. The molecule has 1 heterocycles. The fraction of sp³-hybridized carbons (Fsp3) is 0.556. The van der Waals surface area contributed by atoms with Crippen LogP contribution in [0.2, 0.25) is 0 Å². The number of H-pyrrole nitrogens is 1. The maximum Gasteiger partial charge on any atom is 0.432 e. The predicted molar refractivity (Wildman–Crippen MR) is 54.8 cm³/mol. The quantitative estimate of drug-likeness (QED) is 0.341. The number of nitrogens with zero attached hydrogens (tertiary/aromatic N) is 2. The Morgan fingerprint density at radius 3 is 2.94 bits per heavy atom. The summed E-state index contributed by atoms with van der Waals surface area (Å²) in [4.78, 5) is 26.7. The molecule has 0 fully saturated rings. The van der Waals surface area contributed by atoms with E-state index in [2.05, 4.69) is 14.7 Å². The first-order valence-corrected chi connectivity index (χ1v) is 4.88. The van der Waals surface area contributed by atoms with Gasteiger partial charge in [0.05, 0.1) is 7.11 Å². The molecule has 1 aromatic rings. The summed E-state index contributed by atoms with van der Waals surface area (Å²) in [5.74, 6) is -0.487. The predicted octanol–water partition coefficient (Wildman–Crippen LogP) is 1.20. The van der Waals surface area contributed by atoms with E-state index in [0.29, 0.717) is 25.0 Å². The molecule has 0 saturated heterocycles. The molecule has 88 valence electrons. The Balaban J connectivity index is 2.27. The van der Waals surface area contributed by atoms with E-state index in [0.717, 1.165) is 6.42 Å². The zero-order chi connectivity index (χ0) is 12.0. The third kappa shape index (κ3) is 3.68. The minimum Gasteiger partial charge on any atom is -0.469 e. The van der Waals surface area contributed by atoms with E-state index < -0.39 is 4.92 Å². The second kappa shape index (κ2) is 5.84. The minimum atomic E-state index is -0.571. The van der Waals surface area contributed by atoms with Crippen molar-refractivity contribution < 1.29 is 14.5 Å². The molecule has 0 bridgehead atoms. The van der Waals surface area contributed by atoms with Crippen LogP contribution in [-0.4, -0.2) is 28.0 Å². The third-order valence-corrected chi connectivity index (χ3v) is 2.09. The molecule has 16 heavy (non-hydrogen) atoms. The third-order valence-electron chi connectivity index (χ3n) is 2.09. The molecule has 0 atom stereocenters. The van der Waals surface area contributed by atoms with Crippen molar-refractivity contribution in [3.63, 3.8) is 0 Å². The Labute approximate surface area is 92.0 Å². The van der Waals surface area contributed by atoms with Gasteiger partial charge in [0, 0.05) is 12.8 Å². The van der Waals surface area contributed by atoms with Gasteiger partial charge in [-0.15, -0.1) is 0 Å². The van der Waals surface area contributed by atoms with E-state index in [1.807, 2.05) is 0 Å². The molecular formula is C9H13N3O4. The number of imidazole rings is 1. The van der Waals surface area contributed by atoms with Crippen molar-refractivity contribution in [3.05, 3.63) is 22.0 Å². The number of carbonyl (C=O) groups is 1. The Morgan fingerprint density at radius 1 is 1.62 bits per heavy atom. The van der Waals surface area contributed by atoms with Crippen molar-refractivity contribution in [1.29, 1.82) is 0 Å². The summed E-state index contributed by atoms with van der Waals surface area (Å²) in [6.45, 7) is 0. The van der Waals surface area contributed by atoms with E-state index in [-0.39, 0.29) is 11.9 Å². The zero-order valence-electron chi connectivity index (χ0n) is 8.93. The van der Waals surface area contributed by atoms with Gasteiger partial charge in [0.1, 0.15) is 11.9 Å². The maximum atomic E-state index is 10.8. The molecule has 0 radical (unpaired) electrons. The highest BCUT2D eigenvalue weighted by Crippen LogP contribution is 2.09. The lowest BCUT2D eigenvalue weighted by atomic mass is 10.1. The van der Waals surface area contributed by atoms with Gasteiger partial charge < -0.3 is 14.9 Å². The average Bonchev–Trinajstić information content (AvgIpc) is 2.72. The van der Waals surface area contributed by atoms with Crippen LogP contribution in [0.25, 0.3) is 0 Å². The van der Waals surface area contributed by atoms with E-state index in [1.165, 1.54) is 13.3 Å². The van der Waals surface area contributed by atoms with Crippen LogP contribution in [0.5, 0.6) is 0 Å². The van der Waals surface area contributed by atoms with Crippen LogP contribution in [0.1, 0.15) is 25.0 Å². The standard InChI is InChI=1S/C9H13N3O4/c1-16-8(13)5-3-2-4-7-6-10-9(11-7)12(14)15/h6H,2-5H2,1H3,(H,10,11). The number of rotatable bonds is 6. The van der Waals surface area contributed by atoms with Gasteiger partial charge >= 0.3 is 11.9 Å². The molecule has 0 aromatic carbocycles. The van der Waals surface area contributed by atoms with Crippen molar-refractivity contribution in [2.75, 3.05) is 7.11 Å². The molecule has 0 aliphatic heterocycles. The van der Waals surface area contributed by atoms with Gasteiger partial charge in [-0.1, -0.05) is 4.98 Å². The number of methoxy groups -OCH3 is 1. The summed E-state index contributed by atoms with van der Waals surface area (Å²) in [6, 6.07) is 0. The number of unbranched alkanes of at least 4 members (excludes halogenated alkanes) is 1. The van der Waals surface area contributed by atoms with Crippen molar-refractivity contribution in [1.82, 2.24) is 9.97 Å². The van der Waals surface area contributed by atoms with Crippen LogP contribution >= 0.6 is 0 Å². The number of carbonyl (C=O) groups excluding carboxylic acids is 1. The molecule has 0 aliphatic carbocycles. The normalized spacial score (nSPS) is 10.1. The van der Waals surface area contributed by atoms with Gasteiger partial charge in [-0.25, -0.2) is 4.98 Å². The molecule has 0 amide bonds. The summed E-state index contributed by atoms with van der Waals surface area (Å²) in [7, 11) is 1.35. The number of esters is 1. The number of hydrogen-bond acceptors (Lipinski definition) is 5. The van der Waals surface area contributed by atoms with Crippen LogP contribution in [0, 0.1) is 10.1 Å². The minimum absolute atomic E-state index is 0.240. The SMILES string of the molecule is COC(=O)CCCCc1cnc([N+](=O)[O-])[nH]1. The number of ether oxygens (including phenoxy) is 1. The molecule has 1 rings (SSSR count). The number of hydrogen-bond donors (Lipinski definition) is 1. The van der Waals surface area contributed by atoms with E-state index in [1.54, 1.807) is 0 Å². The van der Waals surface area contributed by atoms with Crippen molar-refractivity contribution in [2.45, 2.75) is 25.7 Å². The molecule has 1 aromatic heterocycles. The molecule has 7 nitrogen and oxygen atoms in total. The van der Waals surface area contributed by atoms with Gasteiger partial charge in [-0.2, -0.15) is 0 Å². The highest BCUT2D eigenvalue weighted by Gasteiger charge is 2.10. The van der Waals surface area contributed by atoms with Crippen molar-refractivity contribution in [3.8, 4) is 0 Å². The molecule has 0 aliphatic rings. The van der Waals surface area contributed by atoms with Crippen molar-refractivity contribution >= 4 is 11.9 Å². The Morgan fingerprint density at radius 2 is 2.38 bits per heavy atom. The van der Waals surface area contributed by atoms with Gasteiger partial charge in [-0.05, 0) is 17.8 Å². The van der Waals surface area contributed by atoms with Gasteiger partial charge in [0.2, 0.25) is 0 Å². The van der Waals surface area contributed by atoms with Crippen LogP contribution in [0.15, 0.2) is 6.20 Å². The fourth-order valence-corrected chi connectivity index (χ4v) is 1.25. The highest BCUT2D eigenvalue weighted by molar-refractivity contribution is 5.68. The number of aromatic nitrogens is 2.